The standard InChI is InChI=1S/C7H10N2O2.ClH/c1-4-3-6(5(2)11-4)7(10)9-8;/h3H,8H2,1-2H3,(H,9,10);1H. The molecule has 1 aromatic rings. The number of hydrogen-bond acceptors (Lipinski definition) is 3. The molecule has 1 aromatic heterocycles. The molecular weight excluding hydrogens is 180 g/mol. The van der Waals surface area contributed by atoms with Crippen molar-refractivity contribution in [3.63, 3.8) is 0 Å². The van der Waals surface area contributed by atoms with Crippen molar-refractivity contribution >= 4 is 18.3 Å². The number of aryl methyl sites for hydroxylation is 2. The summed E-state index contributed by atoms with van der Waals surface area (Å²) in [7, 11) is 0. The van der Waals surface area contributed by atoms with Gasteiger partial charge in [-0.3, -0.25) is 10.2 Å². The van der Waals surface area contributed by atoms with Crippen LogP contribution in [0, 0.1) is 13.8 Å². The van der Waals surface area contributed by atoms with E-state index in [2.05, 4.69) is 0 Å². The van der Waals surface area contributed by atoms with Gasteiger partial charge in [0.25, 0.3) is 5.91 Å². The van der Waals surface area contributed by atoms with Gasteiger partial charge in [-0.1, -0.05) is 0 Å². The quantitative estimate of drug-likeness (QED) is 0.393. The highest BCUT2D eigenvalue weighted by molar-refractivity contribution is 5.94. The van der Waals surface area contributed by atoms with Crippen LogP contribution in [0.25, 0.3) is 0 Å². The lowest BCUT2D eigenvalue weighted by Crippen LogP contribution is -2.30. The first-order chi connectivity index (χ1) is 5.15. The fourth-order valence-corrected chi connectivity index (χ4v) is 0.934. The minimum atomic E-state index is -0.320. The fourth-order valence-electron chi connectivity index (χ4n) is 0.934. The molecule has 0 radical (unpaired) electrons. The number of hydrogen-bond donors (Lipinski definition) is 2. The Morgan fingerprint density at radius 1 is 1.58 bits per heavy atom. The van der Waals surface area contributed by atoms with Gasteiger partial charge in [0.05, 0.1) is 5.56 Å². The van der Waals surface area contributed by atoms with Crippen LogP contribution in [-0.4, -0.2) is 5.91 Å². The molecule has 5 heteroatoms. The molecule has 0 bridgehead atoms. The zero-order valence-corrected chi connectivity index (χ0v) is 7.70. The third-order valence-corrected chi connectivity index (χ3v) is 1.42. The summed E-state index contributed by atoms with van der Waals surface area (Å²) in [6.45, 7) is 3.50. The van der Waals surface area contributed by atoms with Crippen molar-refractivity contribution in [2.24, 2.45) is 5.84 Å². The summed E-state index contributed by atoms with van der Waals surface area (Å²) in [5.41, 5.74) is 2.53. The maximum atomic E-state index is 11.0. The maximum Gasteiger partial charge on any atom is 0.268 e. The van der Waals surface area contributed by atoms with E-state index in [9.17, 15) is 4.79 Å². The number of hydrazine groups is 1. The molecule has 0 aliphatic heterocycles. The fraction of sp³-hybridized carbons (Fsp3) is 0.286. The summed E-state index contributed by atoms with van der Waals surface area (Å²) < 4.78 is 5.12. The zero-order chi connectivity index (χ0) is 8.43. The van der Waals surface area contributed by atoms with Gasteiger partial charge in [0.1, 0.15) is 11.5 Å². The number of nitrogens with two attached hydrogens (primary N) is 1. The van der Waals surface area contributed by atoms with Gasteiger partial charge in [-0.05, 0) is 19.9 Å². The Kier molecular flexibility index (Phi) is 3.79. The molecule has 0 atom stereocenters. The maximum absolute atomic E-state index is 11.0. The lowest BCUT2D eigenvalue weighted by Gasteiger charge is -1.93. The molecule has 3 N–H and O–H groups in total. The van der Waals surface area contributed by atoms with Gasteiger partial charge in [0, 0.05) is 0 Å². The summed E-state index contributed by atoms with van der Waals surface area (Å²) in [5.74, 6) is 5.92. The number of amides is 1. The molecule has 0 aliphatic rings. The van der Waals surface area contributed by atoms with Gasteiger partial charge < -0.3 is 4.42 Å². The molecule has 12 heavy (non-hydrogen) atoms. The molecule has 4 nitrogen and oxygen atoms in total. The summed E-state index contributed by atoms with van der Waals surface area (Å²) in [5, 5.41) is 0. The summed E-state index contributed by atoms with van der Waals surface area (Å²) in [6, 6.07) is 1.65. The Morgan fingerprint density at radius 3 is 2.50 bits per heavy atom. The van der Waals surface area contributed by atoms with Crippen molar-refractivity contribution < 1.29 is 9.21 Å². The Hall–Kier alpha value is -1.000. The molecule has 1 amide bonds. The normalized spacial score (nSPS) is 8.92. The van der Waals surface area contributed by atoms with Gasteiger partial charge in [-0.25, -0.2) is 5.84 Å². The van der Waals surface area contributed by atoms with Crippen LogP contribution in [0.2, 0.25) is 0 Å². The average molecular weight is 191 g/mol. The SMILES string of the molecule is Cc1cc(C(=O)NN)c(C)o1.Cl. The van der Waals surface area contributed by atoms with Crippen LogP contribution in [0.5, 0.6) is 0 Å². The third-order valence-electron chi connectivity index (χ3n) is 1.42. The Labute approximate surface area is 76.5 Å². The third kappa shape index (κ3) is 1.99. The number of halogens is 1. The number of nitrogens with one attached hydrogen (secondary N) is 1. The first-order valence-corrected chi connectivity index (χ1v) is 3.23. The first-order valence-electron chi connectivity index (χ1n) is 3.23. The second kappa shape index (κ2) is 4.13. The van der Waals surface area contributed by atoms with E-state index in [1.165, 1.54) is 0 Å². The van der Waals surface area contributed by atoms with Gasteiger partial charge >= 0.3 is 0 Å². The van der Waals surface area contributed by atoms with Crippen molar-refractivity contribution in [1.82, 2.24) is 5.43 Å². The molecule has 0 unspecified atom stereocenters. The number of furan rings is 1. The lowest BCUT2D eigenvalue weighted by atomic mass is 10.2. The van der Waals surface area contributed by atoms with E-state index in [0.717, 1.165) is 0 Å². The molecule has 0 aliphatic carbocycles. The predicted octanol–water partition coefficient (Wildman–Crippen LogP) is 0.922. The van der Waals surface area contributed by atoms with Crippen LogP contribution >= 0.6 is 12.4 Å². The smallest absolute Gasteiger partial charge is 0.268 e. The van der Waals surface area contributed by atoms with Gasteiger partial charge in [-0.15, -0.1) is 12.4 Å². The molecule has 0 fully saturated rings. The van der Waals surface area contributed by atoms with E-state index < -0.39 is 0 Å². The van der Waals surface area contributed by atoms with E-state index in [-0.39, 0.29) is 18.3 Å². The van der Waals surface area contributed by atoms with E-state index in [1.807, 2.05) is 5.43 Å². The predicted molar refractivity (Wildman–Crippen MR) is 47.1 cm³/mol. The molecule has 0 aromatic carbocycles. The summed E-state index contributed by atoms with van der Waals surface area (Å²) in [6.07, 6.45) is 0. The van der Waals surface area contributed by atoms with Crippen molar-refractivity contribution in [3.05, 3.63) is 23.2 Å². The first kappa shape index (κ1) is 11.0. The monoisotopic (exact) mass is 190 g/mol. The van der Waals surface area contributed by atoms with Crippen molar-refractivity contribution in [2.75, 3.05) is 0 Å². The van der Waals surface area contributed by atoms with Crippen LogP contribution in [-0.2, 0) is 0 Å². The highest BCUT2D eigenvalue weighted by Crippen LogP contribution is 2.12. The van der Waals surface area contributed by atoms with Crippen molar-refractivity contribution in [3.8, 4) is 0 Å². The number of carbonyl (C=O) groups excluding carboxylic acids is 1. The van der Waals surface area contributed by atoms with E-state index in [4.69, 9.17) is 10.3 Å². The second-order valence-electron chi connectivity index (χ2n) is 2.30. The molecule has 0 spiro atoms. The van der Waals surface area contributed by atoms with Crippen LogP contribution < -0.4 is 11.3 Å². The van der Waals surface area contributed by atoms with Crippen LogP contribution in [0.3, 0.4) is 0 Å². The molecule has 0 saturated heterocycles. The molecule has 1 rings (SSSR count). The lowest BCUT2D eigenvalue weighted by molar-refractivity contribution is 0.0952. The van der Waals surface area contributed by atoms with E-state index >= 15 is 0 Å². The van der Waals surface area contributed by atoms with Crippen molar-refractivity contribution in [2.45, 2.75) is 13.8 Å². The largest absolute Gasteiger partial charge is 0.466 e. The Morgan fingerprint density at radius 2 is 2.17 bits per heavy atom. The minimum absolute atomic E-state index is 0. The topological polar surface area (TPSA) is 68.3 Å². The highest BCUT2D eigenvalue weighted by atomic mass is 35.5. The highest BCUT2D eigenvalue weighted by Gasteiger charge is 2.10. The minimum Gasteiger partial charge on any atom is -0.466 e. The molecule has 1 heterocycles. The van der Waals surface area contributed by atoms with Crippen LogP contribution in [0.15, 0.2) is 10.5 Å². The molecule has 0 saturated carbocycles. The number of carbonyl (C=O) groups is 1. The van der Waals surface area contributed by atoms with Gasteiger partial charge in [-0.2, -0.15) is 0 Å². The van der Waals surface area contributed by atoms with E-state index in [1.54, 1.807) is 19.9 Å². The van der Waals surface area contributed by atoms with E-state index in [0.29, 0.717) is 17.1 Å². The van der Waals surface area contributed by atoms with Gasteiger partial charge in [0.15, 0.2) is 0 Å². The van der Waals surface area contributed by atoms with Crippen molar-refractivity contribution in [1.29, 1.82) is 0 Å². The average Bonchev–Trinajstić information content (AvgIpc) is 2.28. The van der Waals surface area contributed by atoms with Crippen LogP contribution in [0.1, 0.15) is 21.9 Å². The molecule has 68 valence electrons. The van der Waals surface area contributed by atoms with Gasteiger partial charge in [0.2, 0.25) is 0 Å². The summed E-state index contributed by atoms with van der Waals surface area (Å²) in [4.78, 5) is 11.0. The molecular formula is C7H11ClN2O2. The Bertz CT molecular complexity index is 283. The van der Waals surface area contributed by atoms with Crippen LogP contribution in [0.4, 0.5) is 0 Å². The Balaban J connectivity index is 0.00000121. The second-order valence-corrected chi connectivity index (χ2v) is 2.30. The zero-order valence-electron chi connectivity index (χ0n) is 6.88. The summed E-state index contributed by atoms with van der Waals surface area (Å²) >= 11 is 0. The number of rotatable bonds is 1. The number of nitrogen functional groups attached to an aromatic ring is 1.